The number of phosphoric acid groups is 1. The van der Waals surface area contributed by atoms with Gasteiger partial charge in [0.05, 0.1) is 26.4 Å². The maximum atomic E-state index is 12.9. The molecule has 1 rings (SSSR count). The van der Waals surface area contributed by atoms with Crippen molar-refractivity contribution in [3.8, 4) is 0 Å². The Morgan fingerprint density at radius 2 is 1.33 bits per heavy atom. The average Bonchev–Trinajstić information content (AvgIpc) is 2.63. The minimum Gasteiger partial charge on any atom is -0.306 e. The van der Waals surface area contributed by atoms with Crippen LogP contribution < -0.4 is 0 Å². The van der Waals surface area contributed by atoms with Gasteiger partial charge >= 0.3 is 15.4 Å². The summed E-state index contributed by atoms with van der Waals surface area (Å²) in [5.41, 5.74) is -0.205. The zero-order valence-corrected chi connectivity index (χ0v) is 19.2. The van der Waals surface area contributed by atoms with Gasteiger partial charge in [-0.05, 0) is 12.8 Å². The van der Waals surface area contributed by atoms with Crippen molar-refractivity contribution in [2.75, 3.05) is 32.8 Å². The average molecular weight is 428 g/mol. The van der Waals surface area contributed by atoms with Gasteiger partial charge in [-0.3, -0.25) is 18.1 Å². The Bertz CT molecular complexity index is 464. The van der Waals surface area contributed by atoms with Gasteiger partial charge in [-0.25, -0.2) is 4.57 Å². The molecule has 162 valence electrons. The minimum absolute atomic E-state index is 0.205. The number of unbranched alkanes of at least 4 members (excludes halogenated alkanes) is 6. The zero-order valence-electron chi connectivity index (χ0n) is 17.4. The maximum absolute atomic E-state index is 12.9. The molecule has 9 heteroatoms. The van der Waals surface area contributed by atoms with Gasteiger partial charge in [-0.2, -0.15) is 0 Å². The van der Waals surface area contributed by atoms with E-state index in [9.17, 15) is 9.13 Å². The summed E-state index contributed by atoms with van der Waals surface area (Å²) in [6.45, 7) is 9.33. The zero-order chi connectivity index (χ0) is 20.2. The quantitative estimate of drug-likeness (QED) is 0.217. The molecule has 1 aliphatic rings. The predicted molar refractivity (Wildman–Crippen MR) is 107 cm³/mol. The van der Waals surface area contributed by atoms with Crippen LogP contribution in [0.1, 0.15) is 79.1 Å². The predicted octanol–water partition coefficient (Wildman–Crippen LogP) is 6.53. The first-order valence-corrected chi connectivity index (χ1v) is 13.3. The Balaban J connectivity index is 2.50. The molecule has 0 radical (unpaired) electrons. The maximum Gasteiger partial charge on any atom is 0.475 e. The summed E-state index contributed by atoms with van der Waals surface area (Å²) in [7, 11) is -7.23. The Labute approximate surface area is 165 Å². The fourth-order valence-corrected chi connectivity index (χ4v) is 5.74. The summed E-state index contributed by atoms with van der Waals surface area (Å²) < 4.78 is 52.5. The van der Waals surface area contributed by atoms with Crippen LogP contribution in [-0.4, -0.2) is 32.8 Å². The van der Waals surface area contributed by atoms with E-state index in [1.165, 1.54) is 0 Å². The van der Waals surface area contributed by atoms with Crippen LogP contribution in [0.25, 0.3) is 0 Å². The van der Waals surface area contributed by atoms with E-state index in [1.54, 1.807) is 0 Å². The summed E-state index contributed by atoms with van der Waals surface area (Å²) in [6.07, 6.45) is 7.52. The van der Waals surface area contributed by atoms with Crippen LogP contribution >= 0.6 is 15.4 Å². The van der Waals surface area contributed by atoms with Crippen LogP contribution in [0, 0.1) is 5.41 Å². The molecule has 0 bridgehead atoms. The van der Waals surface area contributed by atoms with Gasteiger partial charge in [0, 0.05) is 5.41 Å². The summed E-state index contributed by atoms with van der Waals surface area (Å²) in [6, 6.07) is 0. The fraction of sp³-hybridized carbons (Fsp3) is 1.00. The molecule has 1 saturated heterocycles. The van der Waals surface area contributed by atoms with Crippen molar-refractivity contribution >= 4 is 15.4 Å². The minimum atomic E-state index is -3.79. The van der Waals surface area contributed by atoms with E-state index >= 15 is 0 Å². The van der Waals surface area contributed by atoms with Crippen LogP contribution in [0.3, 0.4) is 0 Å². The molecular weight excluding hydrogens is 390 g/mol. The number of hydrogen-bond acceptors (Lipinski definition) is 7. The summed E-state index contributed by atoms with van der Waals surface area (Å²) in [5.74, 6) is 0. The highest BCUT2D eigenvalue weighted by atomic mass is 31.2. The van der Waals surface area contributed by atoms with Crippen molar-refractivity contribution in [3.63, 3.8) is 0 Å². The van der Waals surface area contributed by atoms with E-state index in [1.807, 2.05) is 13.8 Å². The summed E-state index contributed by atoms with van der Waals surface area (Å²) in [5, 5.41) is 0. The van der Waals surface area contributed by atoms with Gasteiger partial charge in [0.25, 0.3) is 0 Å². The second-order valence-electron chi connectivity index (χ2n) is 7.82. The Hall–Kier alpha value is 0.260. The van der Waals surface area contributed by atoms with Crippen molar-refractivity contribution in [2.24, 2.45) is 5.41 Å². The highest BCUT2D eigenvalue weighted by Gasteiger charge is 2.39. The van der Waals surface area contributed by atoms with E-state index in [-0.39, 0.29) is 18.6 Å². The molecule has 1 heterocycles. The lowest BCUT2D eigenvalue weighted by Gasteiger charge is -2.34. The Morgan fingerprint density at radius 3 is 1.78 bits per heavy atom. The first kappa shape index (κ1) is 25.3. The second kappa shape index (κ2) is 12.7. The van der Waals surface area contributed by atoms with Gasteiger partial charge in [-0.15, -0.1) is 0 Å². The Morgan fingerprint density at radius 1 is 0.852 bits per heavy atom. The third kappa shape index (κ3) is 11.1. The van der Waals surface area contributed by atoms with Crippen LogP contribution in [0.15, 0.2) is 0 Å². The van der Waals surface area contributed by atoms with E-state index in [0.29, 0.717) is 13.2 Å². The third-order valence-electron chi connectivity index (χ3n) is 4.17. The van der Waals surface area contributed by atoms with Crippen LogP contribution in [0.4, 0.5) is 0 Å². The van der Waals surface area contributed by atoms with E-state index in [0.717, 1.165) is 51.4 Å². The number of rotatable bonds is 15. The monoisotopic (exact) mass is 428 g/mol. The normalized spacial score (nSPS) is 19.3. The molecule has 27 heavy (non-hydrogen) atoms. The topological polar surface area (TPSA) is 80.3 Å². The van der Waals surface area contributed by atoms with Crippen LogP contribution in [-0.2, 0) is 31.7 Å². The molecule has 0 aliphatic carbocycles. The third-order valence-corrected chi connectivity index (χ3v) is 7.31. The molecule has 0 aromatic rings. The summed E-state index contributed by atoms with van der Waals surface area (Å²) in [4.78, 5) is 0. The molecular formula is C18H38O7P2. The fourth-order valence-electron chi connectivity index (χ4n) is 2.36. The summed E-state index contributed by atoms with van der Waals surface area (Å²) >= 11 is 0. The van der Waals surface area contributed by atoms with Crippen molar-refractivity contribution < 1.29 is 31.7 Å². The lowest BCUT2D eigenvalue weighted by molar-refractivity contribution is 0.0312. The van der Waals surface area contributed by atoms with Crippen LogP contribution in [0.5, 0.6) is 0 Å². The van der Waals surface area contributed by atoms with Gasteiger partial charge in [0.2, 0.25) is 0 Å². The largest absolute Gasteiger partial charge is 0.475 e. The second-order valence-corrected chi connectivity index (χ2v) is 11.5. The molecule has 0 aromatic heterocycles. The van der Waals surface area contributed by atoms with E-state index in [4.69, 9.17) is 22.6 Å². The smallest absolute Gasteiger partial charge is 0.306 e. The molecule has 7 nitrogen and oxygen atoms in total. The van der Waals surface area contributed by atoms with E-state index in [2.05, 4.69) is 13.8 Å². The molecule has 0 saturated carbocycles. The molecule has 0 spiro atoms. The first-order chi connectivity index (χ1) is 12.7. The van der Waals surface area contributed by atoms with Gasteiger partial charge < -0.3 is 9.05 Å². The molecule has 1 aliphatic heterocycles. The molecule has 0 N–H and O–H groups in total. The SMILES string of the molecule is CCCCCCOP(=O)(OCCCCCC)OCP1(=O)OCC(C)(C)CO1. The lowest BCUT2D eigenvalue weighted by atomic mass is 9.97. The van der Waals surface area contributed by atoms with Crippen molar-refractivity contribution in [3.05, 3.63) is 0 Å². The first-order valence-electron chi connectivity index (χ1n) is 10.2. The van der Waals surface area contributed by atoms with Crippen molar-refractivity contribution in [1.29, 1.82) is 0 Å². The van der Waals surface area contributed by atoms with Crippen molar-refractivity contribution in [1.82, 2.24) is 0 Å². The van der Waals surface area contributed by atoms with Crippen molar-refractivity contribution in [2.45, 2.75) is 79.1 Å². The standard InChI is InChI=1S/C18H38O7P2/c1-5-7-9-11-13-21-27(20,22-14-12-10-8-6-2)25-17-26(19)23-15-18(3,4)16-24-26/h5-17H2,1-4H3. The van der Waals surface area contributed by atoms with E-state index < -0.39 is 21.8 Å². The molecule has 1 fully saturated rings. The van der Waals surface area contributed by atoms with Gasteiger partial charge in [-0.1, -0.05) is 66.2 Å². The highest BCUT2D eigenvalue weighted by molar-refractivity contribution is 7.55. The van der Waals surface area contributed by atoms with Gasteiger partial charge in [0.1, 0.15) is 0 Å². The molecule has 0 amide bonds. The highest BCUT2D eigenvalue weighted by Crippen LogP contribution is 2.59. The number of hydrogen-bond donors (Lipinski definition) is 0. The molecule has 0 unspecified atom stereocenters. The molecule has 0 atom stereocenters. The number of phosphoric ester groups is 1. The molecule has 0 aromatic carbocycles. The van der Waals surface area contributed by atoms with Crippen LogP contribution in [0.2, 0.25) is 0 Å². The lowest BCUT2D eigenvalue weighted by Crippen LogP contribution is -2.30. The van der Waals surface area contributed by atoms with Gasteiger partial charge in [0.15, 0.2) is 6.35 Å². The Kier molecular flexibility index (Phi) is 11.9.